The number of nitrogens with zero attached hydrogens (tertiary/aromatic N) is 2. The Balaban J connectivity index is 1.45. The average molecular weight is 467 g/mol. The van der Waals surface area contributed by atoms with Gasteiger partial charge in [0.2, 0.25) is 0 Å². The number of hydrogen-bond acceptors (Lipinski definition) is 5. The molecule has 8 heteroatoms. The molecule has 1 aromatic heterocycles. The number of aromatic nitrogens is 2. The van der Waals surface area contributed by atoms with Crippen LogP contribution in [0.4, 0.5) is 4.79 Å². The highest BCUT2D eigenvalue weighted by Crippen LogP contribution is 2.46. The van der Waals surface area contributed by atoms with Crippen molar-refractivity contribution in [2.45, 2.75) is 109 Å². The summed E-state index contributed by atoms with van der Waals surface area (Å²) < 4.78 is 18.3. The van der Waals surface area contributed by atoms with Gasteiger partial charge in [-0.15, -0.1) is 0 Å². The van der Waals surface area contributed by atoms with E-state index in [-0.39, 0.29) is 29.4 Å². The first-order valence-electron chi connectivity index (χ1n) is 12.7. The number of likely N-dealkylation sites (tertiary alicyclic amines) is 1. The molecule has 1 aromatic carbocycles. The van der Waals surface area contributed by atoms with Crippen molar-refractivity contribution in [1.82, 2.24) is 14.9 Å². The van der Waals surface area contributed by atoms with Crippen molar-refractivity contribution < 1.29 is 18.8 Å². The Hall–Kier alpha value is -2.06. The summed E-state index contributed by atoms with van der Waals surface area (Å²) >= 11 is 0. The van der Waals surface area contributed by atoms with E-state index in [4.69, 9.17) is 19.0 Å². The zero-order valence-electron chi connectivity index (χ0n) is 21.6. The third-order valence-electron chi connectivity index (χ3n) is 8.06. The minimum absolute atomic E-state index is 0.101. The van der Waals surface area contributed by atoms with Gasteiger partial charge < -0.3 is 19.0 Å². The summed E-state index contributed by atoms with van der Waals surface area (Å²) in [4.78, 5) is 23.7. The number of nitrogens with one attached hydrogen (secondary N) is 1. The van der Waals surface area contributed by atoms with E-state index in [0.717, 1.165) is 48.0 Å². The molecule has 3 fully saturated rings. The van der Waals surface area contributed by atoms with Gasteiger partial charge in [0.1, 0.15) is 11.4 Å². The van der Waals surface area contributed by atoms with Gasteiger partial charge in [0.15, 0.2) is 0 Å². The monoisotopic (exact) mass is 467 g/mol. The number of hydrogen-bond donors (Lipinski definition) is 1. The molecular formula is C26H38BN3O4. The van der Waals surface area contributed by atoms with Gasteiger partial charge in [-0.2, -0.15) is 0 Å². The summed E-state index contributed by atoms with van der Waals surface area (Å²) in [7, 11) is -0.422. The van der Waals surface area contributed by atoms with Gasteiger partial charge in [-0.25, -0.2) is 9.78 Å². The van der Waals surface area contributed by atoms with Crippen LogP contribution in [0.25, 0.3) is 11.0 Å². The number of carbonyl (C=O) groups excluding carboxylic acids is 1. The molecule has 2 saturated heterocycles. The van der Waals surface area contributed by atoms with Gasteiger partial charge in [-0.05, 0) is 91.2 Å². The lowest BCUT2D eigenvalue weighted by Gasteiger charge is -2.34. The smallest absolute Gasteiger partial charge is 0.444 e. The molecule has 34 heavy (non-hydrogen) atoms. The third-order valence-corrected chi connectivity index (χ3v) is 8.06. The van der Waals surface area contributed by atoms with E-state index in [1.807, 2.05) is 37.8 Å². The summed E-state index contributed by atoms with van der Waals surface area (Å²) in [5, 5.41) is 0. The second-order valence-corrected chi connectivity index (χ2v) is 12.2. The minimum atomic E-state index is -0.528. The Labute approximate surface area is 203 Å². The van der Waals surface area contributed by atoms with Crippen molar-refractivity contribution >= 4 is 29.7 Å². The molecule has 3 heterocycles. The van der Waals surface area contributed by atoms with Crippen LogP contribution in [0.15, 0.2) is 18.2 Å². The Morgan fingerprint density at radius 1 is 1.15 bits per heavy atom. The van der Waals surface area contributed by atoms with Gasteiger partial charge >= 0.3 is 13.2 Å². The van der Waals surface area contributed by atoms with Crippen molar-refractivity contribution in [3.8, 4) is 0 Å². The van der Waals surface area contributed by atoms with Crippen LogP contribution < -0.4 is 5.46 Å². The zero-order chi connectivity index (χ0) is 24.5. The normalized spacial score (nSPS) is 28.4. The van der Waals surface area contributed by atoms with E-state index in [9.17, 15) is 4.79 Å². The molecule has 1 N–H and O–H groups in total. The number of imidazole rings is 1. The quantitative estimate of drug-likeness (QED) is 0.622. The molecule has 184 valence electrons. The number of ether oxygens (including phenoxy) is 1. The Kier molecular flexibility index (Phi) is 5.56. The predicted molar refractivity (Wildman–Crippen MR) is 133 cm³/mol. The first-order valence-corrected chi connectivity index (χ1v) is 12.7. The maximum Gasteiger partial charge on any atom is 0.494 e. The highest BCUT2D eigenvalue weighted by atomic mass is 16.7. The fourth-order valence-electron chi connectivity index (χ4n) is 5.61. The largest absolute Gasteiger partial charge is 0.494 e. The molecule has 3 atom stereocenters. The highest BCUT2D eigenvalue weighted by molar-refractivity contribution is 6.62. The predicted octanol–water partition coefficient (Wildman–Crippen LogP) is 5.10. The highest BCUT2D eigenvalue weighted by Gasteiger charge is 2.52. The standard InChI is InChI=1S/C26H38BN3O4/c1-24(2,3)32-23(31)30-20-11-9-8-10-16(20)14-21(30)22-28-18-13-12-17(15-19(18)29-22)27-33-25(4,5)26(6,7)34-27/h12-13,15-16,20-21H,8-11,14H2,1-7H3,(H,28,29)/t16-,20-,21-/m0/s1. The van der Waals surface area contributed by atoms with E-state index in [2.05, 4.69) is 38.7 Å². The van der Waals surface area contributed by atoms with Gasteiger partial charge in [-0.3, -0.25) is 4.90 Å². The molecule has 0 bridgehead atoms. The maximum atomic E-state index is 13.3. The van der Waals surface area contributed by atoms with Crippen molar-refractivity contribution in [3.63, 3.8) is 0 Å². The summed E-state index contributed by atoms with van der Waals surface area (Å²) in [5.41, 5.74) is 1.47. The minimum Gasteiger partial charge on any atom is -0.444 e. The van der Waals surface area contributed by atoms with Crippen LogP contribution in [0.3, 0.4) is 0 Å². The van der Waals surface area contributed by atoms with Gasteiger partial charge in [0.05, 0.1) is 28.3 Å². The van der Waals surface area contributed by atoms with E-state index in [1.165, 1.54) is 6.42 Å². The van der Waals surface area contributed by atoms with Crippen LogP contribution >= 0.6 is 0 Å². The van der Waals surface area contributed by atoms with Crippen LogP contribution in [-0.2, 0) is 14.0 Å². The number of rotatable bonds is 2. The number of H-pyrrole nitrogens is 1. The van der Waals surface area contributed by atoms with Crippen LogP contribution in [0.5, 0.6) is 0 Å². The van der Waals surface area contributed by atoms with Crippen LogP contribution in [0.1, 0.15) is 92.4 Å². The first-order chi connectivity index (χ1) is 15.8. The zero-order valence-corrected chi connectivity index (χ0v) is 21.6. The molecule has 5 rings (SSSR count). The van der Waals surface area contributed by atoms with Crippen molar-refractivity contribution in [2.75, 3.05) is 0 Å². The second-order valence-electron chi connectivity index (χ2n) is 12.2. The molecule has 0 unspecified atom stereocenters. The van der Waals surface area contributed by atoms with Crippen LogP contribution in [-0.4, -0.2) is 50.9 Å². The number of carbonyl (C=O) groups is 1. The summed E-state index contributed by atoms with van der Waals surface area (Å²) in [6, 6.07) is 6.22. The number of benzene rings is 1. The molecule has 2 aromatic rings. The Morgan fingerprint density at radius 3 is 2.50 bits per heavy atom. The van der Waals surface area contributed by atoms with Gasteiger partial charge in [0.25, 0.3) is 0 Å². The molecule has 1 amide bonds. The van der Waals surface area contributed by atoms with Gasteiger partial charge in [0, 0.05) is 6.04 Å². The number of fused-ring (bicyclic) bond motifs is 2. The second kappa shape index (κ2) is 7.99. The molecule has 1 saturated carbocycles. The van der Waals surface area contributed by atoms with E-state index in [1.54, 1.807) is 0 Å². The lowest BCUT2D eigenvalue weighted by molar-refractivity contribution is 0.00578. The molecule has 2 aliphatic heterocycles. The van der Waals surface area contributed by atoms with Crippen LogP contribution in [0, 0.1) is 5.92 Å². The van der Waals surface area contributed by atoms with E-state index < -0.39 is 12.7 Å². The molecule has 0 spiro atoms. The van der Waals surface area contributed by atoms with E-state index >= 15 is 0 Å². The summed E-state index contributed by atoms with van der Waals surface area (Å²) in [6.45, 7) is 14.0. The van der Waals surface area contributed by atoms with Gasteiger partial charge in [-0.1, -0.05) is 18.9 Å². The van der Waals surface area contributed by atoms with E-state index in [0.29, 0.717) is 5.92 Å². The topological polar surface area (TPSA) is 76.7 Å². The number of amides is 1. The fourth-order valence-corrected chi connectivity index (χ4v) is 5.61. The summed E-state index contributed by atoms with van der Waals surface area (Å²) in [5.74, 6) is 1.33. The lowest BCUT2D eigenvalue weighted by atomic mass is 9.79. The SMILES string of the molecule is CC(C)(C)OC(=O)N1[C@H](c2nc3ccc(B4OC(C)(C)C(C)(C)O4)cc3[nH]2)C[C@@H]2CCCC[C@@H]21. The van der Waals surface area contributed by atoms with Crippen molar-refractivity contribution in [3.05, 3.63) is 24.0 Å². The first kappa shape index (κ1) is 23.7. The maximum absolute atomic E-state index is 13.3. The fraction of sp³-hybridized carbons (Fsp3) is 0.692. The third kappa shape index (κ3) is 4.13. The Morgan fingerprint density at radius 2 is 1.82 bits per heavy atom. The average Bonchev–Trinajstić information content (AvgIpc) is 3.37. The summed E-state index contributed by atoms with van der Waals surface area (Å²) in [6.07, 6.45) is 5.27. The molecule has 7 nitrogen and oxygen atoms in total. The molecule has 3 aliphatic rings. The molecule has 0 radical (unpaired) electrons. The van der Waals surface area contributed by atoms with Crippen molar-refractivity contribution in [1.29, 1.82) is 0 Å². The van der Waals surface area contributed by atoms with Crippen LogP contribution in [0.2, 0.25) is 0 Å². The van der Waals surface area contributed by atoms with Crippen molar-refractivity contribution in [2.24, 2.45) is 5.92 Å². The Bertz CT molecular complexity index is 1070. The number of aromatic amines is 1. The molecular weight excluding hydrogens is 429 g/mol. The lowest BCUT2D eigenvalue weighted by Crippen LogP contribution is -2.43. The molecule has 1 aliphatic carbocycles.